The van der Waals surface area contributed by atoms with E-state index in [0.29, 0.717) is 23.1 Å². The van der Waals surface area contributed by atoms with Crippen LogP contribution < -0.4 is 0 Å². The Kier molecular flexibility index (Phi) is 7.00. The molecule has 0 saturated carbocycles. The molecule has 1 amide bonds. The molecule has 1 saturated heterocycles. The Balaban J connectivity index is 0.00000259. The molecule has 5 rings (SSSR count). The Hall–Kier alpha value is -1.75. The molecule has 1 aromatic heterocycles. The summed E-state index contributed by atoms with van der Waals surface area (Å²) in [6.45, 7) is 2.97. The summed E-state index contributed by atoms with van der Waals surface area (Å²) in [6, 6.07) is 10.4. The topological polar surface area (TPSA) is 73.8 Å². The number of hydrogen-bond donors (Lipinski definition) is 0. The van der Waals surface area contributed by atoms with E-state index in [1.54, 1.807) is 29.2 Å². The van der Waals surface area contributed by atoms with Crippen molar-refractivity contribution in [1.82, 2.24) is 19.1 Å². The third-order valence-corrected chi connectivity index (χ3v) is 9.31. The molecule has 0 N–H and O–H groups in total. The van der Waals surface area contributed by atoms with Crippen molar-refractivity contribution in [1.29, 1.82) is 0 Å². The number of thiazole rings is 1. The van der Waals surface area contributed by atoms with Crippen molar-refractivity contribution in [3.05, 3.63) is 57.0 Å². The lowest BCUT2D eigenvalue weighted by Crippen LogP contribution is -2.50. The number of aromatic nitrogens is 1. The van der Waals surface area contributed by atoms with E-state index >= 15 is 0 Å². The number of likely N-dealkylation sites (N-methyl/N-ethyl adjacent to an activating group) is 1. The summed E-state index contributed by atoms with van der Waals surface area (Å²) in [5.74, 6) is -0.105. The number of carbonyl (C=O) groups is 1. The summed E-state index contributed by atoms with van der Waals surface area (Å²) < 4.78 is 27.8. The summed E-state index contributed by atoms with van der Waals surface area (Å²) >= 11 is 7.50. The van der Waals surface area contributed by atoms with E-state index in [1.165, 1.54) is 20.5 Å². The SMILES string of the molecule is CN1CCc2sc(C(=O)N3CCN(S(=O)(=O)c4ccc5cc(Cl)ccc5c4)CC3)nc2C1.Cl. The highest BCUT2D eigenvalue weighted by Gasteiger charge is 2.32. The van der Waals surface area contributed by atoms with Crippen molar-refractivity contribution in [3.8, 4) is 0 Å². The maximum Gasteiger partial charge on any atom is 0.282 e. The fourth-order valence-corrected chi connectivity index (χ4v) is 6.86. The monoisotopic (exact) mass is 526 g/mol. The predicted molar refractivity (Wildman–Crippen MR) is 133 cm³/mol. The van der Waals surface area contributed by atoms with Crippen molar-refractivity contribution in [2.75, 3.05) is 39.8 Å². The molecule has 2 aliphatic rings. The van der Waals surface area contributed by atoms with E-state index in [4.69, 9.17) is 11.6 Å². The molecule has 3 heterocycles. The van der Waals surface area contributed by atoms with Crippen LogP contribution in [0.1, 0.15) is 20.4 Å². The standard InChI is InChI=1S/C22H23ClN4O3S2.ClH/c1-25-7-6-20-19(14-25)24-21(31-20)22(28)26-8-10-27(11-9-26)32(29,30)18-5-3-15-12-17(23)4-2-16(15)13-18;/h2-5,12-13H,6-11,14H2,1H3;1H. The third kappa shape index (κ3) is 4.76. The van der Waals surface area contributed by atoms with Gasteiger partial charge in [-0.25, -0.2) is 13.4 Å². The van der Waals surface area contributed by atoms with E-state index in [2.05, 4.69) is 9.88 Å². The highest BCUT2D eigenvalue weighted by atomic mass is 35.5. The van der Waals surface area contributed by atoms with Crippen LogP contribution in [0, 0.1) is 0 Å². The van der Waals surface area contributed by atoms with E-state index in [9.17, 15) is 13.2 Å². The molecule has 11 heteroatoms. The van der Waals surface area contributed by atoms with Crippen LogP contribution in [0.5, 0.6) is 0 Å². The van der Waals surface area contributed by atoms with Crippen molar-refractivity contribution in [3.63, 3.8) is 0 Å². The van der Waals surface area contributed by atoms with Crippen LogP contribution in [0.3, 0.4) is 0 Å². The number of sulfonamides is 1. The quantitative estimate of drug-likeness (QED) is 0.522. The van der Waals surface area contributed by atoms with Crippen molar-refractivity contribution in [2.24, 2.45) is 0 Å². The lowest BCUT2D eigenvalue weighted by Gasteiger charge is -2.33. The van der Waals surface area contributed by atoms with Gasteiger partial charge in [-0.05, 0) is 48.5 Å². The minimum atomic E-state index is -3.64. The Morgan fingerprint density at radius 2 is 1.73 bits per heavy atom. The molecule has 0 atom stereocenters. The van der Waals surface area contributed by atoms with Gasteiger partial charge in [0.25, 0.3) is 5.91 Å². The summed E-state index contributed by atoms with van der Waals surface area (Å²) in [7, 11) is -1.59. The summed E-state index contributed by atoms with van der Waals surface area (Å²) in [4.78, 5) is 22.9. The Bertz CT molecular complexity index is 1300. The predicted octanol–water partition coefficient (Wildman–Crippen LogP) is 3.51. The maximum atomic E-state index is 13.2. The number of hydrogen-bond acceptors (Lipinski definition) is 6. The molecule has 1 fully saturated rings. The second kappa shape index (κ2) is 9.48. The highest BCUT2D eigenvalue weighted by Crippen LogP contribution is 2.27. The van der Waals surface area contributed by atoms with Gasteiger partial charge < -0.3 is 9.80 Å². The lowest BCUT2D eigenvalue weighted by molar-refractivity contribution is 0.0697. The number of halogens is 2. The molecule has 176 valence electrons. The molecule has 33 heavy (non-hydrogen) atoms. The molecule has 0 bridgehead atoms. The summed E-state index contributed by atoms with van der Waals surface area (Å²) in [5, 5.41) is 2.84. The van der Waals surface area contributed by atoms with Gasteiger partial charge in [-0.2, -0.15) is 4.31 Å². The van der Waals surface area contributed by atoms with E-state index in [0.717, 1.165) is 36.0 Å². The summed E-state index contributed by atoms with van der Waals surface area (Å²) in [5.41, 5.74) is 0.992. The van der Waals surface area contributed by atoms with Crippen LogP contribution in [0.15, 0.2) is 41.3 Å². The molecule has 7 nitrogen and oxygen atoms in total. The van der Waals surface area contributed by atoms with Crippen LogP contribution >= 0.6 is 35.3 Å². The van der Waals surface area contributed by atoms with E-state index in [-0.39, 0.29) is 36.3 Å². The van der Waals surface area contributed by atoms with Gasteiger partial charge in [0.2, 0.25) is 10.0 Å². The largest absolute Gasteiger partial charge is 0.334 e. The van der Waals surface area contributed by atoms with Gasteiger partial charge in [0, 0.05) is 49.2 Å². The van der Waals surface area contributed by atoms with Gasteiger partial charge in [0.1, 0.15) is 0 Å². The zero-order chi connectivity index (χ0) is 22.5. The Morgan fingerprint density at radius 1 is 1.03 bits per heavy atom. The van der Waals surface area contributed by atoms with Crippen molar-refractivity contribution >= 4 is 62.0 Å². The highest BCUT2D eigenvalue weighted by molar-refractivity contribution is 7.89. The van der Waals surface area contributed by atoms with Gasteiger partial charge in [-0.15, -0.1) is 23.7 Å². The molecule has 0 radical (unpaired) electrons. The molecule has 0 unspecified atom stereocenters. The van der Waals surface area contributed by atoms with Crippen molar-refractivity contribution in [2.45, 2.75) is 17.9 Å². The van der Waals surface area contributed by atoms with Gasteiger partial charge in [0.15, 0.2) is 5.01 Å². The number of fused-ring (bicyclic) bond motifs is 2. The molecule has 0 spiro atoms. The number of amides is 1. The van der Waals surface area contributed by atoms with Crippen LogP contribution in [-0.2, 0) is 23.0 Å². The van der Waals surface area contributed by atoms with Gasteiger partial charge in [-0.3, -0.25) is 4.79 Å². The Morgan fingerprint density at radius 3 is 2.48 bits per heavy atom. The fourth-order valence-electron chi connectivity index (χ4n) is 4.19. The second-order valence-corrected chi connectivity index (χ2v) is 11.7. The maximum absolute atomic E-state index is 13.2. The third-order valence-electron chi connectivity index (χ3n) is 6.04. The first-order chi connectivity index (χ1) is 15.3. The smallest absolute Gasteiger partial charge is 0.282 e. The van der Waals surface area contributed by atoms with E-state index < -0.39 is 10.0 Å². The first kappa shape index (κ1) is 24.4. The summed E-state index contributed by atoms with van der Waals surface area (Å²) in [6.07, 6.45) is 0.917. The first-order valence-corrected chi connectivity index (χ1v) is 13.1. The average Bonchev–Trinajstić information content (AvgIpc) is 3.21. The molecular formula is C22H24Cl2N4O3S2. The van der Waals surface area contributed by atoms with Crippen molar-refractivity contribution < 1.29 is 13.2 Å². The minimum absolute atomic E-state index is 0. The number of benzene rings is 2. The van der Waals surface area contributed by atoms with Gasteiger partial charge in [-0.1, -0.05) is 23.7 Å². The van der Waals surface area contributed by atoms with Gasteiger partial charge in [0.05, 0.1) is 10.6 Å². The molecule has 0 aliphatic carbocycles. The number of piperazine rings is 1. The van der Waals surface area contributed by atoms with Gasteiger partial charge >= 0.3 is 0 Å². The normalized spacial score (nSPS) is 17.6. The van der Waals surface area contributed by atoms with Crippen LogP contribution in [0.25, 0.3) is 10.8 Å². The van der Waals surface area contributed by atoms with Crippen LogP contribution in [0.4, 0.5) is 0 Å². The lowest BCUT2D eigenvalue weighted by atomic mass is 10.1. The molecule has 2 aromatic carbocycles. The molecule has 2 aliphatic heterocycles. The second-order valence-electron chi connectivity index (χ2n) is 8.23. The van der Waals surface area contributed by atoms with Crippen LogP contribution in [-0.4, -0.2) is 73.2 Å². The molecular weight excluding hydrogens is 503 g/mol. The number of rotatable bonds is 3. The molecule has 3 aromatic rings. The fraction of sp³-hybridized carbons (Fsp3) is 0.364. The zero-order valence-corrected chi connectivity index (χ0v) is 21.2. The number of nitrogens with zero attached hydrogens (tertiary/aromatic N) is 4. The first-order valence-electron chi connectivity index (χ1n) is 10.5. The van der Waals surface area contributed by atoms with E-state index in [1.807, 2.05) is 19.2 Å². The zero-order valence-electron chi connectivity index (χ0n) is 18.0. The minimum Gasteiger partial charge on any atom is -0.334 e. The average molecular weight is 527 g/mol. The van der Waals surface area contributed by atoms with Crippen LogP contribution in [0.2, 0.25) is 5.02 Å². The number of carbonyl (C=O) groups excluding carboxylic acids is 1. The Labute approximate surface area is 208 Å².